The minimum absolute atomic E-state index is 0.618. The van der Waals surface area contributed by atoms with Crippen molar-refractivity contribution < 1.29 is 13.6 Å². The quantitative estimate of drug-likeness (QED) is 0.600. The first-order valence-corrected chi connectivity index (χ1v) is 6.14. The van der Waals surface area contributed by atoms with Crippen molar-refractivity contribution in [2.45, 2.75) is 6.92 Å². The third kappa shape index (κ3) is 2.51. The molecular formula is C6H17O3P. The van der Waals surface area contributed by atoms with Gasteiger partial charge in [0.15, 0.2) is 0 Å². The van der Waals surface area contributed by atoms with Gasteiger partial charge in [-0.1, -0.05) is 0 Å². The summed E-state index contributed by atoms with van der Waals surface area (Å²) in [6.07, 6.45) is 0. The van der Waals surface area contributed by atoms with Gasteiger partial charge in [0, 0.05) is 0 Å². The molecule has 0 N–H and O–H groups in total. The average Bonchev–Trinajstić information content (AvgIpc) is 1.90. The van der Waals surface area contributed by atoms with E-state index in [1.165, 1.54) is 0 Å². The van der Waals surface area contributed by atoms with Crippen LogP contribution in [0.25, 0.3) is 0 Å². The summed E-state index contributed by atoms with van der Waals surface area (Å²) in [6.45, 7) is 6.28. The SMILES string of the molecule is CCOP(C)(C)(OC)OC. The maximum atomic E-state index is 5.40. The van der Waals surface area contributed by atoms with Gasteiger partial charge in [-0.05, 0) is 0 Å². The molecular weight excluding hydrogens is 151 g/mol. The van der Waals surface area contributed by atoms with Gasteiger partial charge in [-0.15, -0.1) is 0 Å². The van der Waals surface area contributed by atoms with E-state index in [0.717, 1.165) is 0 Å². The van der Waals surface area contributed by atoms with E-state index in [2.05, 4.69) is 0 Å². The van der Waals surface area contributed by atoms with E-state index in [1.807, 2.05) is 20.3 Å². The summed E-state index contributed by atoms with van der Waals surface area (Å²) in [5.74, 6) is 0. The Morgan fingerprint density at radius 3 is 1.60 bits per heavy atom. The van der Waals surface area contributed by atoms with E-state index in [-0.39, 0.29) is 0 Å². The van der Waals surface area contributed by atoms with E-state index >= 15 is 0 Å². The topological polar surface area (TPSA) is 27.7 Å². The Kier molecular flexibility index (Phi) is 3.24. The van der Waals surface area contributed by atoms with E-state index < -0.39 is 7.28 Å². The van der Waals surface area contributed by atoms with Crippen LogP contribution in [-0.4, -0.2) is 34.2 Å². The Morgan fingerprint density at radius 1 is 1.10 bits per heavy atom. The van der Waals surface area contributed by atoms with Crippen LogP contribution in [0.4, 0.5) is 0 Å². The second-order valence-electron chi connectivity index (χ2n) is 2.55. The van der Waals surface area contributed by atoms with Gasteiger partial charge in [0.25, 0.3) is 0 Å². The van der Waals surface area contributed by atoms with Crippen molar-refractivity contribution in [2.24, 2.45) is 0 Å². The van der Waals surface area contributed by atoms with Crippen molar-refractivity contribution in [3.05, 3.63) is 0 Å². The molecule has 3 nitrogen and oxygen atoms in total. The monoisotopic (exact) mass is 168 g/mol. The second kappa shape index (κ2) is 3.14. The standard InChI is InChI=1S/C6H17O3P/c1-6-9-10(4,5,7-2)8-3/h6H2,1-5H3. The summed E-state index contributed by atoms with van der Waals surface area (Å²) < 4.78 is 15.8. The molecule has 0 aromatic rings. The van der Waals surface area contributed by atoms with Gasteiger partial charge < -0.3 is 0 Å². The summed E-state index contributed by atoms with van der Waals surface area (Å²) in [5.41, 5.74) is 0. The third-order valence-electron chi connectivity index (χ3n) is 1.52. The molecule has 0 amide bonds. The van der Waals surface area contributed by atoms with Crippen LogP contribution in [0.15, 0.2) is 0 Å². The Bertz CT molecular complexity index is 106. The first-order chi connectivity index (χ1) is 4.46. The molecule has 0 radical (unpaired) electrons. The van der Waals surface area contributed by atoms with Gasteiger partial charge >= 0.3 is 61.9 Å². The fourth-order valence-corrected chi connectivity index (χ4v) is 1.63. The zero-order valence-electron chi connectivity index (χ0n) is 7.38. The molecule has 0 fully saturated rings. The van der Waals surface area contributed by atoms with Gasteiger partial charge in [0.1, 0.15) is 0 Å². The molecule has 0 aliphatic heterocycles. The Morgan fingerprint density at radius 2 is 1.50 bits per heavy atom. The third-order valence-corrected chi connectivity index (χ3v) is 4.56. The molecule has 0 saturated heterocycles. The first kappa shape index (κ1) is 10.3. The summed E-state index contributed by atoms with van der Waals surface area (Å²) in [6, 6.07) is 0. The van der Waals surface area contributed by atoms with E-state index in [0.29, 0.717) is 6.61 Å². The predicted octanol–water partition coefficient (Wildman–Crippen LogP) is 1.87. The normalized spacial score (nSPS) is 16.3. The molecule has 0 unspecified atom stereocenters. The predicted molar refractivity (Wildman–Crippen MR) is 44.4 cm³/mol. The maximum absolute atomic E-state index is 5.40. The van der Waals surface area contributed by atoms with Gasteiger partial charge in [-0.3, -0.25) is 0 Å². The molecule has 10 heavy (non-hydrogen) atoms. The van der Waals surface area contributed by atoms with Crippen LogP contribution < -0.4 is 0 Å². The molecule has 0 aliphatic rings. The number of hydrogen-bond donors (Lipinski definition) is 0. The summed E-state index contributed by atoms with van der Waals surface area (Å²) in [5, 5.41) is 0. The van der Waals surface area contributed by atoms with Crippen LogP contribution in [0.3, 0.4) is 0 Å². The molecule has 0 spiro atoms. The van der Waals surface area contributed by atoms with Gasteiger partial charge in [0.2, 0.25) is 0 Å². The minimum atomic E-state index is -2.66. The van der Waals surface area contributed by atoms with Gasteiger partial charge in [-0.2, -0.15) is 0 Å². The van der Waals surface area contributed by atoms with Crippen LogP contribution in [-0.2, 0) is 13.6 Å². The fourth-order valence-electron chi connectivity index (χ4n) is 0.544. The van der Waals surface area contributed by atoms with Crippen molar-refractivity contribution >= 4 is 7.28 Å². The van der Waals surface area contributed by atoms with Crippen molar-refractivity contribution in [1.82, 2.24) is 0 Å². The first-order valence-electron chi connectivity index (χ1n) is 3.25. The van der Waals surface area contributed by atoms with Gasteiger partial charge in [-0.25, -0.2) is 0 Å². The average molecular weight is 168 g/mol. The van der Waals surface area contributed by atoms with Crippen molar-refractivity contribution in [1.29, 1.82) is 0 Å². The molecule has 0 aliphatic carbocycles. The summed E-state index contributed by atoms with van der Waals surface area (Å²) >= 11 is 0. The fraction of sp³-hybridized carbons (Fsp3) is 1.00. The van der Waals surface area contributed by atoms with Crippen molar-refractivity contribution in [3.8, 4) is 0 Å². The van der Waals surface area contributed by atoms with E-state index in [1.54, 1.807) is 14.2 Å². The van der Waals surface area contributed by atoms with Crippen molar-refractivity contribution in [2.75, 3.05) is 34.2 Å². The van der Waals surface area contributed by atoms with E-state index in [9.17, 15) is 0 Å². The Balaban J connectivity index is 4.19. The van der Waals surface area contributed by atoms with Crippen LogP contribution in [0.2, 0.25) is 0 Å². The van der Waals surface area contributed by atoms with E-state index in [4.69, 9.17) is 13.6 Å². The summed E-state index contributed by atoms with van der Waals surface area (Å²) in [7, 11) is 0.560. The molecule has 64 valence electrons. The number of hydrogen-bond acceptors (Lipinski definition) is 3. The molecule has 4 heteroatoms. The molecule has 0 saturated carbocycles. The van der Waals surface area contributed by atoms with Crippen LogP contribution in [0.1, 0.15) is 6.92 Å². The Labute approximate surface area is 62.8 Å². The Hall–Kier alpha value is 0.310. The molecule has 0 rings (SSSR count). The van der Waals surface area contributed by atoms with Crippen LogP contribution in [0.5, 0.6) is 0 Å². The van der Waals surface area contributed by atoms with Crippen molar-refractivity contribution in [3.63, 3.8) is 0 Å². The molecule has 0 bridgehead atoms. The zero-order chi connectivity index (χ0) is 8.28. The van der Waals surface area contributed by atoms with Crippen LogP contribution in [0, 0.1) is 0 Å². The molecule has 0 atom stereocenters. The van der Waals surface area contributed by atoms with Crippen LogP contribution >= 0.6 is 7.28 Å². The van der Waals surface area contributed by atoms with Gasteiger partial charge in [0.05, 0.1) is 0 Å². The number of rotatable bonds is 4. The zero-order valence-corrected chi connectivity index (χ0v) is 8.27. The molecule has 0 heterocycles. The molecule has 0 aromatic carbocycles. The molecule has 0 aromatic heterocycles. The second-order valence-corrected chi connectivity index (χ2v) is 7.07. The summed E-state index contributed by atoms with van der Waals surface area (Å²) in [4.78, 5) is 0.